The molecule has 3 aromatic rings. The number of thiophene rings is 1. The van der Waals surface area contributed by atoms with Gasteiger partial charge < -0.3 is 14.5 Å². The lowest BCUT2D eigenvalue weighted by Gasteiger charge is -2.09. The number of hydrogen-bond acceptors (Lipinski definition) is 5. The predicted octanol–water partition coefficient (Wildman–Crippen LogP) is 4.05. The minimum Gasteiger partial charge on any atom is -0.493 e. The third-order valence-electron chi connectivity index (χ3n) is 4.68. The Morgan fingerprint density at radius 2 is 1.92 bits per heavy atom. The molecule has 1 N–H and O–H groups in total. The summed E-state index contributed by atoms with van der Waals surface area (Å²) in [6.07, 6.45) is 8.12. The highest BCUT2D eigenvalue weighted by Crippen LogP contribution is 2.33. The highest BCUT2D eigenvalue weighted by molar-refractivity contribution is 7.18. The van der Waals surface area contributed by atoms with Crippen LogP contribution in [0.25, 0.3) is 22.4 Å². The Labute approximate surface area is 155 Å². The van der Waals surface area contributed by atoms with E-state index in [1.807, 2.05) is 30.4 Å². The maximum Gasteiger partial charge on any atom is 0.260 e. The molecule has 0 saturated heterocycles. The van der Waals surface area contributed by atoms with E-state index in [-0.39, 0.29) is 5.56 Å². The maximum absolute atomic E-state index is 12.6. The minimum absolute atomic E-state index is 0.0404. The lowest BCUT2D eigenvalue weighted by Crippen LogP contribution is -2.11. The fourth-order valence-corrected chi connectivity index (χ4v) is 4.66. The quantitative estimate of drug-likeness (QED) is 0.754. The molecule has 1 aliphatic rings. The second-order valence-corrected chi connectivity index (χ2v) is 7.37. The number of rotatable bonds is 4. The molecule has 0 atom stereocenters. The molecule has 0 unspecified atom stereocenters. The van der Waals surface area contributed by atoms with Crippen molar-refractivity contribution in [1.29, 1.82) is 0 Å². The number of nitrogens with one attached hydrogen (secondary N) is 1. The number of aromatic amines is 1. The van der Waals surface area contributed by atoms with Gasteiger partial charge in [0.15, 0.2) is 11.5 Å². The summed E-state index contributed by atoms with van der Waals surface area (Å²) < 4.78 is 10.6. The standard InChI is InChI=1S/C20H20N2O3S/c1-24-14-9-7-12(11-15(14)25-2)8-10-17-21-19(23)18-13-5-3-4-6-16(13)26-20(18)22-17/h7-11H,3-6H2,1-2H3,(H,21,22,23)/b10-8+. The minimum atomic E-state index is -0.0404. The summed E-state index contributed by atoms with van der Waals surface area (Å²) in [5, 5.41) is 0.785. The first kappa shape index (κ1) is 16.8. The van der Waals surface area contributed by atoms with Crippen LogP contribution < -0.4 is 15.0 Å². The predicted molar refractivity (Wildman–Crippen MR) is 105 cm³/mol. The molecule has 0 aliphatic heterocycles. The van der Waals surface area contributed by atoms with Crippen LogP contribution in [0.15, 0.2) is 23.0 Å². The molecule has 0 amide bonds. The van der Waals surface area contributed by atoms with E-state index in [1.165, 1.54) is 16.9 Å². The molecule has 0 fully saturated rings. The van der Waals surface area contributed by atoms with Gasteiger partial charge in [0.1, 0.15) is 10.7 Å². The second kappa shape index (κ2) is 6.96. The van der Waals surface area contributed by atoms with Crippen molar-refractivity contribution in [3.05, 3.63) is 50.4 Å². The summed E-state index contributed by atoms with van der Waals surface area (Å²) in [6, 6.07) is 5.67. The fourth-order valence-electron chi connectivity index (χ4n) is 3.39. The van der Waals surface area contributed by atoms with Gasteiger partial charge in [0.05, 0.1) is 19.6 Å². The number of aromatic nitrogens is 2. The van der Waals surface area contributed by atoms with Crippen molar-refractivity contribution in [2.24, 2.45) is 0 Å². The van der Waals surface area contributed by atoms with Gasteiger partial charge in [-0.2, -0.15) is 0 Å². The van der Waals surface area contributed by atoms with Gasteiger partial charge >= 0.3 is 0 Å². The van der Waals surface area contributed by atoms with Crippen molar-refractivity contribution in [3.8, 4) is 11.5 Å². The first-order valence-electron chi connectivity index (χ1n) is 8.64. The number of H-pyrrole nitrogens is 1. The molecule has 1 aromatic carbocycles. The highest BCUT2D eigenvalue weighted by atomic mass is 32.1. The first-order valence-corrected chi connectivity index (χ1v) is 9.46. The maximum atomic E-state index is 12.6. The average Bonchev–Trinajstić information content (AvgIpc) is 3.05. The van der Waals surface area contributed by atoms with Crippen LogP contribution in [0.2, 0.25) is 0 Å². The molecule has 26 heavy (non-hydrogen) atoms. The fraction of sp³-hybridized carbons (Fsp3) is 0.300. The zero-order valence-corrected chi connectivity index (χ0v) is 15.6. The third-order valence-corrected chi connectivity index (χ3v) is 5.87. The van der Waals surface area contributed by atoms with Gasteiger partial charge in [-0.05, 0) is 55.0 Å². The Hall–Kier alpha value is -2.60. The summed E-state index contributed by atoms with van der Waals surface area (Å²) in [5.74, 6) is 1.91. The smallest absolute Gasteiger partial charge is 0.260 e. The van der Waals surface area contributed by atoms with Crippen LogP contribution in [-0.4, -0.2) is 24.2 Å². The van der Waals surface area contributed by atoms with Gasteiger partial charge in [0.25, 0.3) is 5.56 Å². The van der Waals surface area contributed by atoms with E-state index in [2.05, 4.69) is 9.97 Å². The van der Waals surface area contributed by atoms with Gasteiger partial charge in [-0.15, -0.1) is 11.3 Å². The number of aryl methyl sites for hydroxylation is 2. The van der Waals surface area contributed by atoms with Crippen LogP contribution in [0.3, 0.4) is 0 Å². The molecule has 134 valence electrons. The average molecular weight is 368 g/mol. The van der Waals surface area contributed by atoms with Crippen molar-refractivity contribution >= 4 is 33.7 Å². The van der Waals surface area contributed by atoms with Crippen molar-refractivity contribution < 1.29 is 9.47 Å². The van der Waals surface area contributed by atoms with Crippen LogP contribution in [0, 0.1) is 0 Å². The molecule has 0 spiro atoms. The van der Waals surface area contributed by atoms with Crippen molar-refractivity contribution in [3.63, 3.8) is 0 Å². The molecule has 6 heteroatoms. The Morgan fingerprint density at radius 3 is 2.73 bits per heavy atom. The monoisotopic (exact) mass is 368 g/mol. The van der Waals surface area contributed by atoms with Crippen LogP contribution in [0.1, 0.15) is 34.7 Å². The lowest BCUT2D eigenvalue weighted by atomic mass is 9.97. The number of methoxy groups -OCH3 is 2. The van der Waals surface area contributed by atoms with Gasteiger partial charge in [0, 0.05) is 4.88 Å². The molecular formula is C20H20N2O3S. The van der Waals surface area contributed by atoms with Crippen LogP contribution >= 0.6 is 11.3 Å². The summed E-state index contributed by atoms with van der Waals surface area (Å²) in [6.45, 7) is 0. The molecule has 4 rings (SSSR count). The van der Waals surface area contributed by atoms with Gasteiger partial charge in [-0.1, -0.05) is 12.1 Å². The Morgan fingerprint density at radius 1 is 1.12 bits per heavy atom. The van der Waals surface area contributed by atoms with Crippen LogP contribution in [0.5, 0.6) is 11.5 Å². The zero-order chi connectivity index (χ0) is 18.1. The van der Waals surface area contributed by atoms with E-state index < -0.39 is 0 Å². The number of nitrogens with zero attached hydrogens (tertiary/aromatic N) is 1. The first-order chi connectivity index (χ1) is 12.7. The number of ether oxygens (including phenoxy) is 2. The number of fused-ring (bicyclic) bond motifs is 3. The van der Waals surface area contributed by atoms with E-state index >= 15 is 0 Å². The molecule has 2 aromatic heterocycles. The van der Waals surface area contributed by atoms with E-state index in [0.717, 1.165) is 35.0 Å². The van der Waals surface area contributed by atoms with Gasteiger partial charge in [0.2, 0.25) is 0 Å². The second-order valence-electron chi connectivity index (χ2n) is 6.29. The SMILES string of the molecule is COc1ccc(/C=C/c2nc3sc4c(c3c(=O)[nH]2)CCCC4)cc1OC. The van der Waals surface area contributed by atoms with E-state index in [1.54, 1.807) is 25.6 Å². The number of hydrogen-bond donors (Lipinski definition) is 1. The molecule has 2 heterocycles. The normalized spacial score (nSPS) is 13.9. The topological polar surface area (TPSA) is 64.2 Å². The Bertz CT molecular complexity index is 1050. The molecular weight excluding hydrogens is 348 g/mol. The van der Waals surface area contributed by atoms with E-state index in [0.29, 0.717) is 17.3 Å². The van der Waals surface area contributed by atoms with Crippen molar-refractivity contribution in [2.75, 3.05) is 14.2 Å². The largest absolute Gasteiger partial charge is 0.493 e. The van der Waals surface area contributed by atoms with Crippen molar-refractivity contribution in [2.45, 2.75) is 25.7 Å². The van der Waals surface area contributed by atoms with E-state index in [4.69, 9.17) is 9.47 Å². The van der Waals surface area contributed by atoms with Crippen LogP contribution in [0.4, 0.5) is 0 Å². The Kier molecular flexibility index (Phi) is 4.51. The third kappa shape index (κ3) is 3.01. The van der Waals surface area contributed by atoms with Gasteiger partial charge in [-0.3, -0.25) is 4.79 Å². The van der Waals surface area contributed by atoms with E-state index in [9.17, 15) is 4.79 Å². The molecule has 5 nitrogen and oxygen atoms in total. The van der Waals surface area contributed by atoms with Crippen molar-refractivity contribution in [1.82, 2.24) is 9.97 Å². The van der Waals surface area contributed by atoms with Gasteiger partial charge in [-0.25, -0.2) is 4.98 Å². The summed E-state index contributed by atoms with van der Waals surface area (Å²) in [4.78, 5) is 22.3. The Balaban J connectivity index is 1.69. The summed E-state index contributed by atoms with van der Waals surface area (Å²) in [7, 11) is 3.22. The lowest BCUT2D eigenvalue weighted by molar-refractivity contribution is 0.355. The zero-order valence-electron chi connectivity index (χ0n) is 14.8. The van der Waals surface area contributed by atoms with Crippen LogP contribution in [-0.2, 0) is 12.8 Å². The molecule has 0 radical (unpaired) electrons. The highest BCUT2D eigenvalue weighted by Gasteiger charge is 2.19. The number of benzene rings is 1. The summed E-state index contributed by atoms with van der Waals surface area (Å²) >= 11 is 1.66. The summed E-state index contributed by atoms with van der Waals surface area (Å²) in [5.41, 5.74) is 2.11. The molecule has 1 aliphatic carbocycles. The molecule has 0 saturated carbocycles. The molecule has 0 bridgehead atoms.